The topological polar surface area (TPSA) is 110 Å². The number of likely N-dealkylation sites (tertiary alicyclic amines) is 1. The lowest BCUT2D eigenvalue weighted by molar-refractivity contribution is 0.0572. The van der Waals surface area contributed by atoms with Gasteiger partial charge in [-0.1, -0.05) is 18.2 Å². The van der Waals surface area contributed by atoms with E-state index in [9.17, 15) is 19.8 Å². The van der Waals surface area contributed by atoms with Crippen LogP contribution in [0.4, 0.5) is 4.79 Å². The van der Waals surface area contributed by atoms with Crippen molar-refractivity contribution in [2.24, 2.45) is 0 Å². The number of nitrogens with zero attached hydrogens (tertiary/aromatic N) is 1. The normalized spacial score (nSPS) is 21.3. The smallest absolute Gasteiger partial charge is 0.335 e. The van der Waals surface area contributed by atoms with Gasteiger partial charge >= 0.3 is 12.0 Å². The van der Waals surface area contributed by atoms with Crippen LogP contribution in [0.25, 0.3) is 0 Å². The Kier molecular flexibility index (Phi) is 4.77. The highest BCUT2D eigenvalue weighted by atomic mass is 16.4. The molecule has 1 fully saturated rings. The Hall–Kier alpha value is -2.12. The zero-order valence-electron chi connectivity index (χ0n) is 11.4. The summed E-state index contributed by atoms with van der Waals surface area (Å²) in [4.78, 5) is 24.2. The number of carboxylic acid groups (broad SMARTS) is 1. The van der Waals surface area contributed by atoms with E-state index in [1.54, 1.807) is 18.2 Å². The van der Waals surface area contributed by atoms with Crippen LogP contribution in [-0.4, -0.2) is 64.1 Å². The average Bonchev–Trinajstić information content (AvgIpc) is 2.79. The molecule has 2 rings (SSSR count). The Morgan fingerprint density at radius 2 is 1.81 bits per heavy atom. The highest BCUT2D eigenvalue weighted by Crippen LogP contribution is 2.11. The molecule has 2 amide bonds. The molecule has 7 nitrogen and oxygen atoms in total. The molecule has 7 heteroatoms. The molecule has 2 atom stereocenters. The first-order valence-electron chi connectivity index (χ1n) is 6.69. The lowest BCUT2D eigenvalue weighted by Gasteiger charge is -2.16. The van der Waals surface area contributed by atoms with Crippen molar-refractivity contribution in [2.75, 3.05) is 19.6 Å². The Balaban J connectivity index is 1.85. The van der Waals surface area contributed by atoms with Gasteiger partial charge in [-0.15, -0.1) is 0 Å². The summed E-state index contributed by atoms with van der Waals surface area (Å²) >= 11 is 0. The molecule has 1 heterocycles. The van der Waals surface area contributed by atoms with Crippen molar-refractivity contribution in [3.63, 3.8) is 0 Å². The number of carbonyl (C=O) groups is 2. The molecular formula is C14H18N2O5. The fourth-order valence-corrected chi connectivity index (χ4v) is 2.30. The van der Waals surface area contributed by atoms with Crippen molar-refractivity contribution >= 4 is 12.0 Å². The van der Waals surface area contributed by atoms with E-state index in [1.807, 2.05) is 0 Å². The zero-order valence-corrected chi connectivity index (χ0v) is 11.4. The number of benzene rings is 1. The van der Waals surface area contributed by atoms with Crippen molar-refractivity contribution < 1.29 is 24.9 Å². The third kappa shape index (κ3) is 3.71. The highest BCUT2D eigenvalue weighted by molar-refractivity contribution is 5.89. The van der Waals surface area contributed by atoms with Gasteiger partial charge in [-0.2, -0.15) is 0 Å². The largest absolute Gasteiger partial charge is 0.478 e. The summed E-state index contributed by atoms with van der Waals surface area (Å²) in [5.41, 5.74) is 0.866. The Morgan fingerprint density at radius 3 is 2.43 bits per heavy atom. The van der Waals surface area contributed by atoms with Crippen LogP contribution < -0.4 is 5.32 Å². The zero-order chi connectivity index (χ0) is 15.4. The van der Waals surface area contributed by atoms with Gasteiger partial charge in [0.05, 0.1) is 30.9 Å². The van der Waals surface area contributed by atoms with E-state index in [2.05, 4.69) is 5.32 Å². The summed E-state index contributed by atoms with van der Waals surface area (Å²) in [6, 6.07) is 6.25. The number of rotatable bonds is 4. The SMILES string of the molecule is O=C(O)c1ccccc1CCNC(=O)N1CC(O)C(O)C1. The van der Waals surface area contributed by atoms with Gasteiger partial charge in [0.25, 0.3) is 0 Å². The van der Waals surface area contributed by atoms with E-state index in [0.29, 0.717) is 12.0 Å². The molecule has 21 heavy (non-hydrogen) atoms. The molecule has 2 unspecified atom stereocenters. The van der Waals surface area contributed by atoms with Crippen LogP contribution in [-0.2, 0) is 6.42 Å². The van der Waals surface area contributed by atoms with Crippen LogP contribution in [0.3, 0.4) is 0 Å². The van der Waals surface area contributed by atoms with Crippen molar-refractivity contribution in [3.05, 3.63) is 35.4 Å². The molecule has 4 N–H and O–H groups in total. The van der Waals surface area contributed by atoms with Gasteiger partial charge in [0.1, 0.15) is 0 Å². The third-order valence-corrected chi connectivity index (χ3v) is 3.46. The first-order chi connectivity index (χ1) is 9.99. The van der Waals surface area contributed by atoms with E-state index in [0.717, 1.165) is 0 Å². The molecule has 0 radical (unpaired) electrons. The summed E-state index contributed by atoms with van der Waals surface area (Å²) in [5, 5.41) is 30.5. The molecule has 1 saturated heterocycles. The van der Waals surface area contributed by atoms with Crippen LogP contribution in [0, 0.1) is 0 Å². The molecular weight excluding hydrogens is 276 g/mol. The number of carbonyl (C=O) groups excluding carboxylic acids is 1. The number of amides is 2. The van der Waals surface area contributed by atoms with E-state index in [4.69, 9.17) is 5.11 Å². The number of nitrogens with one attached hydrogen (secondary N) is 1. The number of aromatic carboxylic acids is 1. The van der Waals surface area contributed by atoms with Crippen molar-refractivity contribution in [1.82, 2.24) is 10.2 Å². The maximum atomic E-state index is 11.8. The number of urea groups is 1. The summed E-state index contributed by atoms with van der Waals surface area (Å²) in [6.07, 6.45) is -1.43. The molecule has 0 saturated carbocycles. The van der Waals surface area contributed by atoms with Crippen LogP contribution in [0.1, 0.15) is 15.9 Å². The summed E-state index contributed by atoms with van der Waals surface area (Å²) < 4.78 is 0. The second-order valence-corrected chi connectivity index (χ2v) is 4.98. The molecule has 0 aromatic heterocycles. The minimum atomic E-state index is -0.997. The lowest BCUT2D eigenvalue weighted by atomic mass is 10.0. The van der Waals surface area contributed by atoms with Crippen LogP contribution in [0.5, 0.6) is 0 Å². The highest BCUT2D eigenvalue weighted by Gasteiger charge is 2.32. The van der Waals surface area contributed by atoms with Gasteiger partial charge in [-0.05, 0) is 18.1 Å². The number of hydrogen-bond donors (Lipinski definition) is 4. The number of hydrogen-bond acceptors (Lipinski definition) is 4. The minimum absolute atomic E-state index is 0.0959. The van der Waals surface area contributed by atoms with Crippen LogP contribution in [0.2, 0.25) is 0 Å². The molecule has 1 aliphatic heterocycles. The monoisotopic (exact) mass is 294 g/mol. The van der Waals surface area contributed by atoms with E-state index in [-0.39, 0.29) is 31.2 Å². The minimum Gasteiger partial charge on any atom is -0.478 e. The number of β-amino-alcohol motifs (C(OH)–C–C–N with tert-alkyl or cyclic N) is 2. The van der Waals surface area contributed by atoms with E-state index < -0.39 is 18.2 Å². The fraction of sp³-hybridized carbons (Fsp3) is 0.429. The van der Waals surface area contributed by atoms with Gasteiger partial charge in [-0.3, -0.25) is 0 Å². The summed E-state index contributed by atoms with van der Waals surface area (Å²) in [7, 11) is 0. The number of carboxylic acids is 1. The quantitative estimate of drug-likeness (QED) is 0.608. The third-order valence-electron chi connectivity index (χ3n) is 3.46. The van der Waals surface area contributed by atoms with Crippen molar-refractivity contribution in [2.45, 2.75) is 18.6 Å². The van der Waals surface area contributed by atoms with Crippen molar-refractivity contribution in [1.29, 1.82) is 0 Å². The van der Waals surface area contributed by atoms with Crippen LogP contribution >= 0.6 is 0 Å². The van der Waals surface area contributed by atoms with Gasteiger partial charge in [0.2, 0.25) is 0 Å². The molecule has 0 bridgehead atoms. The lowest BCUT2D eigenvalue weighted by Crippen LogP contribution is -2.40. The maximum absolute atomic E-state index is 11.8. The first kappa shape index (κ1) is 15.3. The average molecular weight is 294 g/mol. The second-order valence-electron chi connectivity index (χ2n) is 4.98. The molecule has 1 aromatic rings. The molecule has 1 aliphatic rings. The molecule has 0 aliphatic carbocycles. The second kappa shape index (κ2) is 6.55. The van der Waals surface area contributed by atoms with Gasteiger partial charge in [0.15, 0.2) is 0 Å². The van der Waals surface area contributed by atoms with Crippen LogP contribution in [0.15, 0.2) is 24.3 Å². The first-order valence-corrected chi connectivity index (χ1v) is 6.69. The Labute approximate surface area is 121 Å². The molecule has 114 valence electrons. The molecule has 1 aromatic carbocycles. The predicted molar refractivity (Wildman–Crippen MR) is 74.1 cm³/mol. The number of aliphatic hydroxyl groups is 2. The maximum Gasteiger partial charge on any atom is 0.335 e. The Morgan fingerprint density at radius 1 is 1.19 bits per heavy atom. The number of aliphatic hydroxyl groups excluding tert-OH is 2. The van der Waals surface area contributed by atoms with E-state index >= 15 is 0 Å². The summed E-state index contributed by atoms with van der Waals surface area (Å²) in [6.45, 7) is 0.475. The Bertz CT molecular complexity index is 524. The standard InChI is InChI=1S/C14H18N2O5/c17-11-7-16(8-12(11)18)14(21)15-6-5-9-3-1-2-4-10(9)13(19)20/h1-4,11-12,17-18H,5-8H2,(H,15,21)(H,19,20). The predicted octanol–water partition coefficient (Wildman–Crippen LogP) is -0.326. The van der Waals surface area contributed by atoms with E-state index in [1.165, 1.54) is 11.0 Å². The van der Waals surface area contributed by atoms with Crippen molar-refractivity contribution in [3.8, 4) is 0 Å². The van der Waals surface area contributed by atoms with Gasteiger partial charge < -0.3 is 25.5 Å². The fourth-order valence-electron chi connectivity index (χ4n) is 2.30. The van der Waals surface area contributed by atoms with Gasteiger partial charge in [-0.25, -0.2) is 9.59 Å². The summed E-state index contributed by atoms with van der Waals surface area (Å²) in [5.74, 6) is -0.997. The molecule has 0 spiro atoms. The van der Waals surface area contributed by atoms with Gasteiger partial charge in [0, 0.05) is 6.54 Å².